The van der Waals surface area contributed by atoms with Crippen molar-refractivity contribution in [3.05, 3.63) is 90.1 Å². The van der Waals surface area contributed by atoms with Crippen molar-refractivity contribution in [1.82, 2.24) is 10.3 Å². The molecule has 0 unspecified atom stereocenters. The maximum atomic E-state index is 12.6. The van der Waals surface area contributed by atoms with Crippen molar-refractivity contribution in [3.8, 4) is 23.0 Å². The summed E-state index contributed by atoms with van der Waals surface area (Å²) in [7, 11) is 3.17. The van der Waals surface area contributed by atoms with Gasteiger partial charge in [0.2, 0.25) is 0 Å². The van der Waals surface area contributed by atoms with Crippen LogP contribution in [-0.2, 0) is 6.42 Å². The van der Waals surface area contributed by atoms with Crippen molar-refractivity contribution in [2.45, 2.75) is 6.42 Å². The molecule has 162 valence electrons. The SMILES string of the molecule is COc1cc2nccc(Oc3cccc(C(=O)NCCc4ccccc4)c3)c2cc1OC. The number of amides is 1. The van der Waals surface area contributed by atoms with E-state index < -0.39 is 0 Å². The van der Waals surface area contributed by atoms with Gasteiger partial charge in [0.05, 0.1) is 19.7 Å². The lowest BCUT2D eigenvalue weighted by Gasteiger charge is -2.13. The molecule has 0 aliphatic heterocycles. The zero-order chi connectivity index (χ0) is 22.3. The molecular weight excluding hydrogens is 404 g/mol. The van der Waals surface area contributed by atoms with Gasteiger partial charge in [-0.3, -0.25) is 9.78 Å². The number of pyridine rings is 1. The number of methoxy groups -OCH3 is 2. The summed E-state index contributed by atoms with van der Waals surface area (Å²) in [5.74, 6) is 2.21. The monoisotopic (exact) mass is 428 g/mol. The largest absolute Gasteiger partial charge is 0.493 e. The Morgan fingerprint density at radius 2 is 1.66 bits per heavy atom. The molecule has 0 spiro atoms. The minimum Gasteiger partial charge on any atom is -0.493 e. The zero-order valence-corrected chi connectivity index (χ0v) is 18.0. The van der Waals surface area contributed by atoms with Crippen molar-refractivity contribution < 1.29 is 19.0 Å². The molecule has 0 radical (unpaired) electrons. The standard InChI is InChI=1S/C26H24N2O4/c1-30-24-16-21-22(17-25(24)31-2)27-14-12-23(21)32-20-10-6-9-19(15-20)26(29)28-13-11-18-7-4-3-5-8-18/h3-10,12,14-17H,11,13H2,1-2H3,(H,28,29). The molecule has 0 bridgehead atoms. The summed E-state index contributed by atoms with van der Waals surface area (Å²) in [6.45, 7) is 0.560. The van der Waals surface area contributed by atoms with Gasteiger partial charge in [-0.05, 0) is 42.3 Å². The average Bonchev–Trinajstić information content (AvgIpc) is 2.84. The number of ether oxygens (including phenoxy) is 3. The van der Waals surface area contributed by atoms with Crippen LogP contribution < -0.4 is 19.5 Å². The van der Waals surface area contributed by atoms with E-state index in [1.54, 1.807) is 50.7 Å². The lowest BCUT2D eigenvalue weighted by molar-refractivity contribution is 0.0954. The Kier molecular flexibility index (Phi) is 6.51. The molecule has 0 saturated carbocycles. The van der Waals surface area contributed by atoms with Crippen molar-refractivity contribution in [2.75, 3.05) is 20.8 Å². The van der Waals surface area contributed by atoms with E-state index in [0.717, 1.165) is 17.3 Å². The number of carbonyl (C=O) groups is 1. The van der Waals surface area contributed by atoms with Crippen LogP contribution in [0.4, 0.5) is 0 Å². The highest BCUT2D eigenvalue weighted by molar-refractivity contribution is 5.94. The third kappa shape index (κ3) is 4.81. The lowest BCUT2D eigenvalue weighted by Crippen LogP contribution is -2.25. The van der Waals surface area contributed by atoms with Gasteiger partial charge in [-0.2, -0.15) is 0 Å². The smallest absolute Gasteiger partial charge is 0.251 e. The number of benzene rings is 3. The number of hydrogen-bond donors (Lipinski definition) is 1. The summed E-state index contributed by atoms with van der Waals surface area (Å²) in [6.07, 6.45) is 2.45. The molecule has 0 saturated heterocycles. The van der Waals surface area contributed by atoms with Gasteiger partial charge in [0, 0.05) is 29.8 Å². The fraction of sp³-hybridized carbons (Fsp3) is 0.154. The molecule has 0 aliphatic carbocycles. The summed E-state index contributed by atoms with van der Waals surface area (Å²) in [5.41, 5.74) is 2.43. The fourth-order valence-electron chi connectivity index (χ4n) is 3.43. The maximum Gasteiger partial charge on any atom is 0.251 e. The Hall–Kier alpha value is -4.06. The van der Waals surface area contributed by atoms with Gasteiger partial charge in [0.25, 0.3) is 5.91 Å². The van der Waals surface area contributed by atoms with Crippen LogP contribution in [0.1, 0.15) is 15.9 Å². The zero-order valence-electron chi connectivity index (χ0n) is 18.0. The Labute approximate surface area is 186 Å². The number of nitrogens with one attached hydrogen (secondary N) is 1. The Bertz CT molecular complexity index is 1230. The van der Waals surface area contributed by atoms with Gasteiger partial charge in [-0.15, -0.1) is 0 Å². The number of fused-ring (bicyclic) bond motifs is 1. The molecule has 4 aromatic rings. The van der Waals surface area contributed by atoms with Crippen LogP contribution in [0.2, 0.25) is 0 Å². The lowest BCUT2D eigenvalue weighted by atomic mass is 10.1. The number of nitrogens with zero attached hydrogens (tertiary/aromatic N) is 1. The molecule has 4 rings (SSSR count). The van der Waals surface area contributed by atoms with Crippen LogP contribution in [0.15, 0.2) is 79.0 Å². The first-order chi connectivity index (χ1) is 15.7. The quantitative estimate of drug-likeness (QED) is 0.427. The second kappa shape index (κ2) is 9.83. The Morgan fingerprint density at radius 1 is 0.875 bits per heavy atom. The van der Waals surface area contributed by atoms with Crippen LogP contribution in [-0.4, -0.2) is 31.7 Å². The molecule has 6 heteroatoms. The van der Waals surface area contributed by atoms with Gasteiger partial charge >= 0.3 is 0 Å². The summed E-state index contributed by atoms with van der Waals surface area (Å²) < 4.78 is 16.9. The van der Waals surface area contributed by atoms with E-state index >= 15 is 0 Å². The highest BCUT2D eigenvalue weighted by Gasteiger charge is 2.12. The van der Waals surface area contributed by atoms with Gasteiger partial charge in [0.1, 0.15) is 11.5 Å². The summed E-state index contributed by atoms with van der Waals surface area (Å²) >= 11 is 0. The molecule has 1 amide bonds. The number of aromatic nitrogens is 1. The normalized spacial score (nSPS) is 10.6. The molecule has 6 nitrogen and oxygen atoms in total. The molecule has 3 aromatic carbocycles. The minimum absolute atomic E-state index is 0.141. The van der Waals surface area contributed by atoms with E-state index in [9.17, 15) is 4.79 Å². The predicted molar refractivity (Wildman–Crippen MR) is 124 cm³/mol. The van der Waals surface area contributed by atoms with E-state index in [1.807, 2.05) is 42.5 Å². The van der Waals surface area contributed by atoms with E-state index in [1.165, 1.54) is 5.56 Å². The third-order valence-electron chi connectivity index (χ3n) is 5.07. The fourth-order valence-corrected chi connectivity index (χ4v) is 3.43. The second-order valence-electron chi connectivity index (χ2n) is 7.15. The van der Waals surface area contributed by atoms with Crippen LogP contribution in [0.3, 0.4) is 0 Å². The summed E-state index contributed by atoms with van der Waals surface area (Å²) in [6, 6.07) is 22.6. The first-order valence-corrected chi connectivity index (χ1v) is 10.3. The van der Waals surface area contributed by atoms with Gasteiger partial charge in [-0.25, -0.2) is 0 Å². The molecule has 1 aromatic heterocycles. The topological polar surface area (TPSA) is 69.7 Å². The average molecular weight is 428 g/mol. The van der Waals surface area contributed by atoms with E-state index in [-0.39, 0.29) is 5.91 Å². The molecule has 0 aliphatic rings. The van der Waals surface area contributed by atoms with Crippen molar-refractivity contribution >= 4 is 16.8 Å². The van der Waals surface area contributed by atoms with Gasteiger partial charge < -0.3 is 19.5 Å². The Balaban J connectivity index is 1.50. The highest BCUT2D eigenvalue weighted by Crippen LogP contribution is 2.36. The van der Waals surface area contributed by atoms with Crippen LogP contribution in [0.5, 0.6) is 23.0 Å². The first-order valence-electron chi connectivity index (χ1n) is 10.3. The van der Waals surface area contributed by atoms with Gasteiger partial charge in [0.15, 0.2) is 11.5 Å². The van der Waals surface area contributed by atoms with Crippen LogP contribution >= 0.6 is 0 Å². The summed E-state index contributed by atoms with van der Waals surface area (Å²) in [4.78, 5) is 17.0. The number of carbonyl (C=O) groups excluding carboxylic acids is 1. The number of rotatable bonds is 8. The van der Waals surface area contributed by atoms with E-state index in [0.29, 0.717) is 35.1 Å². The maximum absolute atomic E-state index is 12.6. The highest BCUT2D eigenvalue weighted by atomic mass is 16.5. The Morgan fingerprint density at radius 3 is 2.44 bits per heavy atom. The molecular formula is C26H24N2O4. The molecule has 1 heterocycles. The van der Waals surface area contributed by atoms with Crippen molar-refractivity contribution in [2.24, 2.45) is 0 Å². The predicted octanol–water partition coefficient (Wildman–Crippen LogP) is 5.02. The summed E-state index contributed by atoms with van der Waals surface area (Å²) in [5, 5.41) is 3.74. The number of hydrogen-bond acceptors (Lipinski definition) is 5. The van der Waals surface area contributed by atoms with E-state index in [2.05, 4.69) is 10.3 Å². The molecule has 32 heavy (non-hydrogen) atoms. The first kappa shape index (κ1) is 21.2. The third-order valence-corrected chi connectivity index (χ3v) is 5.07. The molecule has 0 fully saturated rings. The van der Waals surface area contributed by atoms with Crippen molar-refractivity contribution in [3.63, 3.8) is 0 Å². The van der Waals surface area contributed by atoms with Crippen LogP contribution in [0.25, 0.3) is 10.9 Å². The minimum atomic E-state index is -0.141. The molecule has 0 atom stereocenters. The second-order valence-corrected chi connectivity index (χ2v) is 7.15. The van der Waals surface area contributed by atoms with Crippen LogP contribution in [0, 0.1) is 0 Å². The van der Waals surface area contributed by atoms with E-state index in [4.69, 9.17) is 14.2 Å². The van der Waals surface area contributed by atoms with Gasteiger partial charge in [-0.1, -0.05) is 36.4 Å². The van der Waals surface area contributed by atoms with Crippen molar-refractivity contribution in [1.29, 1.82) is 0 Å². The molecule has 1 N–H and O–H groups in total.